The Kier molecular flexibility index (Phi) is 6.12. The third-order valence-corrected chi connectivity index (χ3v) is 4.92. The first-order valence-corrected chi connectivity index (χ1v) is 9.68. The van der Waals surface area contributed by atoms with E-state index in [0.29, 0.717) is 12.0 Å². The van der Waals surface area contributed by atoms with Gasteiger partial charge in [-0.1, -0.05) is 17.7 Å². The fourth-order valence-electron chi connectivity index (χ4n) is 3.65. The van der Waals surface area contributed by atoms with Crippen LogP contribution in [0, 0.1) is 5.82 Å². The van der Waals surface area contributed by atoms with Gasteiger partial charge in [-0.3, -0.25) is 9.78 Å². The second kappa shape index (κ2) is 8.55. The Morgan fingerprint density at radius 2 is 2.07 bits per heavy atom. The van der Waals surface area contributed by atoms with E-state index in [1.54, 1.807) is 24.4 Å². The molecule has 2 aromatic rings. The SMILES string of the molecule is C=C(C)CC(C)(COc1ccccc1F)NC(=O)c1cnc2c(c1)CCCC2. The van der Waals surface area contributed by atoms with Crippen molar-refractivity contribution < 1.29 is 13.9 Å². The van der Waals surface area contributed by atoms with Crippen molar-refractivity contribution in [3.05, 3.63) is 71.3 Å². The van der Waals surface area contributed by atoms with E-state index < -0.39 is 11.4 Å². The van der Waals surface area contributed by atoms with E-state index in [2.05, 4.69) is 16.9 Å². The van der Waals surface area contributed by atoms with Gasteiger partial charge in [0.15, 0.2) is 11.6 Å². The molecule has 1 N–H and O–H groups in total. The summed E-state index contributed by atoms with van der Waals surface area (Å²) in [7, 11) is 0. The summed E-state index contributed by atoms with van der Waals surface area (Å²) in [4.78, 5) is 17.4. The van der Waals surface area contributed by atoms with Gasteiger partial charge in [-0.25, -0.2) is 4.39 Å². The number of carbonyl (C=O) groups is 1. The molecule has 0 saturated heterocycles. The number of aromatic nitrogens is 1. The number of carbonyl (C=O) groups excluding carboxylic acids is 1. The maximum atomic E-state index is 13.9. The lowest BCUT2D eigenvalue weighted by molar-refractivity contribution is 0.0864. The fourth-order valence-corrected chi connectivity index (χ4v) is 3.65. The monoisotopic (exact) mass is 382 g/mol. The number of halogens is 1. The van der Waals surface area contributed by atoms with Gasteiger partial charge in [0.1, 0.15) is 6.61 Å². The predicted molar refractivity (Wildman–Crippen MR) is 108 cm³/mol. The number of nitrogens with one attached hydrogen (secondary N) is 1. The minimum Gasteiger partial charge on any atom is -0.488 e. The Labute approximate surface area is 165 Å². The maximum absolute atomic E-state index is 13.9. The lowest BCUT2D eigenvalue weighted by Crippen LogP contribution is -2.50. The second-order valence-corrected chi connectivity index (χ2v) is 7.90. The average Bonchev–Trinajstić information content (AvgIpc) is 2.66. The van der Waals surface area contributed by atoms with Crippen molar-refractivity contribution in [2.75, 3.05) is 6.61 Å². The molecule has 0 saturated carbocycles. The first kappa shape index (κ1) is 20.1. The molecule has 1 aliphatic rings. The zero-order valence-corrected chi connectivity index (χ0v) is 16.6. The van der Waals surface area contributed by atoms with E-state index in [4.69, 9.17) is 4.74 Å². The zero-order valence-electron chi connectivity index (χ0n) is 16.6. The Balaban J connectivity index is 1.74. The molecule has 5 heteroatoms. The third kappa shape index (κ3) is 4.97. The molecule has 1 aliphatic carbocycles. The number of fused-ring (bicyclic) bond motifs is 1. The Morgan fingerprint density at radius 1 is 1.32 bits per heavy atom. The Bertz CT molecular complexity index is 881. The Morgan fingerprint density at radius 3 is 2.82 bits per heavy atom. The van der Waals surface area contributed by atoms with Crippen LogP contribution in [0.5, 0.6) is 5.75 Å². The molecular weight excluding hydrogens is 355 g/mol. The Hall–Kier alpha value is -2.69. The summed E-state index contributed by atoms with van der Waals surface area (Å²) in [6.45, 7) is 7.86. The van der Waals surface area contributed by atoms with E-state index >= 15 is 0 Å². The molecule has 1 atom stereocenters. The quantitative estimate of drug-likeness (QED) is 0.710. The molecule has 1 amide bonds. The van der Waals surface area contributed by atoms with Crippen molar-refractivity contribution in [1.82, 2.24) is 10.3 Å². The number of ether oxygens (including phenoxy) is 1. The highest BCUT2D eigenvalue weighted by Gasteiger charge is 2.29. The average molecular weight is 382 g/mol. The van der Waals surface area contributed by atoms with Gasteiger partial charge in [-0.2, -0.15) is 0 Å². The van der Waals surface area contributed by atoms with Crippen LogP contribution in [0.4, 0.5) is 4.39 Å². The molecule has 0 aliphatic heterocycles. The standard InChI is InChI=1S/C23H27FN2O2/c1-16(2)13-23(3,15-28-21-11-7-5-9-19(21)24)26-22(27)18-12-17-8-4-6-10-20(17)25-14-18/h5,7,9,11-12,14H,1,4,6,8,10,13,15H2,2-3H3,(H,26,27). The van der Waals surface area contributed by atoms with Gasteiger partial charge in [0.25, 0.3) is 5.91 Å². The number of pyridine rings is 1. The highest BCUT2D eigenvalue weighted by molar-refractivity contribution is 5.94. The molecule has 1 unspecified atom stereocenters. The van der Waals surface area contributed by atoms with Gasteiger partial charge in [0, 0.05) is 11.9 Å². The second-order valence-electron chi connectivity index (χ2n) is 7.90. The lowest BCUT2D eigenvalue weighted by Gasteiger charge is -2.31. The van der Waals surface area contributed by atoms with E-state index in [-0.39, 0.29) is 18.3 Å². The van der Waals surface area contributed by atoms with Crippen LogP contribution in [0.25, 0.3) is 0 Å². The van der Waals surface area contributed by atoms with Gasteiger partial charge in [0.2, 0.25) is 0 Å². The van der Waals surface area contributed by atoms with E-state index in [1.807, 2.05) is 19.9 Å². The molecule has 1 aromatic heterocycles. The van der Waals surface area contributed by atoms with Crippen LogP contribution in [0.15, 0.2) is 48.7 Å². The van der Waals surface area contributed by atoms with Gasteiger partial charge < -0.3 is 10.1 Å². The molecule has 0 spiro atoms. The highest BCUT2D eigenvalue weighted by atomic mass is 19.1. The summed E-state index contributed by atoms with van der Waals surface area (Å²) < 4.78 is 19.6. The summed E-state index contributed by atoms with van der Waals surface area (Å²) in [6.07, 6.45) is 6.37. The van der Waals surface area contributed by atoms with Gasteiger partial charge in [0.05, 0.1) is 11.1 Å². The maximum Gasteiger partial charge on any atom is 0.253 e. The number of benzene rings is 1. The van der Waals surface area contributed by atoms with Crippen molar-refractivity contribution >= 4 is 5.91 Å². The van der Waals surface area contributed by atoms with Gasteiger partial charge in [-0.05, 0) is 69.7 Å². The van der Waals surface area contributed by atoms with Crippen LogP contribution in [0.3, 0.4) is 0 Å². The van der Waals surface area contributed by atoms with Crippen molar-refractivity contribution in [1.29, 1.82) is 0 Å². The van der Waals surface area contributed by atoms with Crippen LogP contribution in [0.1, 0.15) is 54.7 Å². The van der Waals surface area contributed by atoms with E-state index in [0.717, 1.165) is 42.5 Å². The molecule has 0 radical (unpaired) electrons. The zero-order chi connectivity index (χ0) is 20.1. The topological polar surface area (TPSA) is 51.2 Å². The number of rotatable bonds is 7. The van der Waals surface area contributed by atoms with Gasteiger partial charge >= 0.3 is 0 Å². The molecule has 0 bridgehead atoms. The lowest BCUT2D eigenvalue weighted by atomic mass is 9.93. The van der Waals surface area contributed by atoms with Crippen molar-refractivity contribution in [3.63, 3.8) is 0 Å². The largest absolute Gasteiger partial charge is 0.488 e. The third-order valence-electron chi connectivity index (χ3n) is 4.92. The van der Waals surface area contributed by atoms with Crippen LogP contribution in [-0.4, -0.2) is 23.0 Å². The summed E-state index contributed by atoms with van der Waals surface area (Å²) in [6, 6.07) is 8.19. The van der Waals surface area contributed by atoms with Crippen LogP contribution < -0.4 is 10.1 Å². The first-order chi connectivity index (χ1) is 13.4. The van der Waals surface area contributed by atoms with Crippen LogP contribution in [-0.2, 0) is 12.8 Å². The van der Waals surface area contributed by atoms with Crippen molar-refractivity contribution in [2.24, 2.45) is 0 Å². The van der Waals surface area contributed by atoms with E-state index in [1.165, 1.54) is 6.07 Å². The first-order valence-electron chi connectivity index (χ1n) is 9.68. The minimum absolute atomic E-state index is 0.130. The summed E-state index contributed by atoms with van der Waals surface area (Å²) in [5, 5.41) is 3.05. The molecular formula is C23H27FN2O2. The molecule has 3 rings (SSSR count). The number of aryl methyl sites for hydroxylation is 2. The molecule has 28 heavy (non-hydrogen) atoms. The fraction of sp³-hybridized carbons (Fsp3) is 0.391. The van der Waals surface area contributed by atoms with Crippen LogP contribution >= 0.6 is 0 Å². The molecule has 1 aromatic carbocycles. The summed E-state index contributed by atoms with van der Waals surface area (Å²) >= 11 is 0. The molecule has 0 fully saturated rings. The summed E-state index contributed by atoms with van der Waals surface area (Å²) in [5.74, 6) is -0.465. The molecule has 4 nitrogen and oxygen atoms in total. The molecule has 1 heterocycles. The predicted octanol–water partition coefficient (Wildman–Crippen LogP) is 4.63. The number of para-hydroxylation sites is 1. The number of hydrogen-bond donors (Lipinski definition) is 1. The van der Waals surface area contributed by atoms with Crippen LogP contribution in [0.2, 0.25) is 0 Å². The number of nitrogens with zero attached hydrogens (tertiary/aromatic N) is 1. The highest BCUT2D eigenvalue weighted by Crippen LogP contribution is 2.23. The summed E-state index contributed by atoms with van der Waals surface area (Å²) in [5.41, 5.74) is 2.97. The molecule has 148 valence electrons. The normalized spacial score (nSPS) is 15.2. The number of hydrogen-bond acceptors (Lipinski definition) is 3. The smallest absolute Gasteiger partial charge is 0.253 e. The van der Waals surface area contributed by atoms with E-state index in [9.17, 15) is 9.18 Å². The number of amides is 1. The van der Waals surface area contributed by atoms with Gasteiger partial charge in [-0.15, -0.1) is 6.58 Å². The van der Waals surface area contributed by atoms with Crippen molar-refractivity contribution in [2.45, 2.75) is 51.5 Å². The minimum atomic E-state index is -0.721. The van der Waals surface area contributed by atoms with Crippen molar-refractivity contribution in [3.8, 4) is 5.75 Å².